The molecule has 0 radical (unpaired) electrons. The molecule has 1 aromatic heterocycles. The molecule has 0 amide bonds. The first kappa shape index (κ1) is 16.7. The first-order valence-corrected chi connectivity index (χ1v) is 7.80. The molecule has 0 saturated carbocycles. The van der Waals surface area contributed by atoms with Crippen LogP contribution in [0.2, 0.25) is 0 Å². The van der Waals surface area contributed by atoms with Crippen molar-refractivity contribution in [3.8, 4) is 0 Å². The van der Waals surface area contributed by atoms with Gasteiger partial charge < -0.3 is 10.6 Å². The second kappa shape index (κ2) is 7.46. The van der Waals surface area contributed by atoms with Crippen LogP contribution in [0.3, 0.4) is 0 Å². The van der Waals surface area contributed by atoms with Crippen molar-refractivity contribution in [2.75, 3.05) is 17.2 Å². The van der Waals surface area contributed by atoms with Gasteiger partial charge in [-0.05, 0) is 18.8 Å². The first-order chi connectivity index (χ1) is 9.38. The fourth-order valence-corrected chi connectivity index (χ4v) is 2.43. The molecule has 2 N–H and O–H groups in total. The largest absolute Gasteiger partial charge is 0.384 e. The summed E-state index contributed by atoms with van der Waals surface area (Å²) in [4.78, 5) is 11.5. The molecule has 0 aliphatic rings. The van der Waals surface area contributed by atoms with Crippen LogP contribution in [0, 0.1) is 5.92 Å². The zero-order valence-corrected chi connectivity index (χ0v) is 13.8. The number of nitrogen functional groups attached to an aromatic ring is 1. The molecule has 4 nitrogen and oxygen atoms in total. The maximum absolute atomic E-state index is 5.97. The average Bonchev–Trinajstić information content (AvgIpc) is 2.37. The number of anilines is 2. The maximum Gasteiger partial charge on any atom is 0.135 e. The molecule has 1 heterocycles. The van der Waals surface area contributed by atoms with E-state index in [0.717, 1.165) is 31.0 Å². The molecule has 0 spiro atoms. The van der Waals surface area contributed by atoms with Crippen LogP contribution in [0.5, 0.6) is 0 Å². The third-order valence-corrected chi connectivity index (χ3v) is 3.51. The van der Waals surface area contributed by atoms with Gasteiger partial charge in [-0.2, -0.15) is 0 Å². The maximum atomic E-state index is 5.97. The van der Waals surface area contributed by atoms with Crippen LogP contribution < -0.4 is 10.6 Å². The van der Waals surface area contributed by atoms with Gasteiger partial charge in [-0.25, -0.2) is 9.97 Å². The summed E-state index contributed by atoms with van der Waals surface area (Å²) >= 11 is 0. The van der Waals surface area contributed by atoms with Crippen molar-refractivity contribution in [1.82, 2.24) is 9.97 Å². The Morgan fingerprint density at radius 2 is 1.70 bits per heavy atom. The fraction of sp³-hybridized carbons (Fsp3) is 0.750. The molecule has 1 rings (SSSR count). The second-order valence-corrected chi connectivity index (χ2v) is 6.18. The van der Waals surface area contributed by atoms with Gasteiger partial charge in [0.15, 0.2) is 0 Å². The van der Waals surface area contributed by atoms with Gasteiger partial charge in [0.1, 0.15) is 17.5 Å². The molecule has 0 fully saturated rings. The van der Waals surface area contributed by atoms with E-state index in [4.69, 9.17) is 10.7 Å². The van der Waals surface area contributed by atoms with Crippen LogP contribution in [-0.2, 0) is 0 Å². The smallest absolute Gasteiger partial charge is 0.135 e. The van der Waals surface area contributed by atoms with E-state index in [1.54, 1.807) is 0 Å². The molecule has 0 atom stereocenters. The summed E-state index contributed by atoms with van der Waals surface area (Å²) in [6, 6.07) is 2.42. The number of rotatable bonds is 7. The van der Waals surface area contributed by atoms with Crippen molar-refractivity contribution in [1.29, 1.82) is 0 Å². The third kappa shape index (κ3) is 4.36. The highest BCUT2D eigenvalue weighted by molar-refractivity contribution is 5.48. The van der Waals surface area contributed by atoms with Crippen LogP contribution in [0.15, 0.2) is 6.07 Å². The second-order valence-electron chi connectivity index (χ2n) is 6.18. The van der Waals surface area contributed by atoms with E-state index in [1.807, 2.05) is 6.07 Å². The zero-order valence-electron chi connectivity index (χ0n) is 13.8. The Labute approximate surface area is 123 Å². The molecule has 4 heteroatoms. The van der Waals surface area contributed by atoms with E-state index in [0.29, 0.717) is 23.7 Å². The van der Waals surface area contributed by atoms with E-state index < -0.39 is 0 Å². The average molecular weight is 278 g/mol. The van der Waals surface area contributed by atoms with Crippen LogP contribution in [0.1, 0.15) is 66.1 Å². The summed E-state index contributed by atoms with van der Waals surface area (Å²) in [5, 5.41) is 0. The van der Waals surface area contributed by atoms with Gasteiger partial charge in [-0.3, -0.25) is 0 Å². The summed E-state index contributed by atoms with van der Waals surface area (Å²) in [5.74, 6) is 3.26. The molecule has 1 aromatic rings. The van der Waals surface area contributed by atoms with Crippen molar-refractivity contribution < 1.29 is 0 Å². The van der Waals surface area contributed by atoms with E-state index in [9.17, 15) is 0 Å². The van der Waals surface area contributed by atoms with Gasteiger partial charge in [0.25, 0.3) is 0 Å². The van der Waals surface area contributed by atoms with Crippen LogP contribution in [0.4, 0.5) is 11.6 Å². The van der Waals surface area contributed by atoms with E-state index in [1.165, 1.54) is 0 Å². The minimum atomic E-state index is 0.292. The van der Waals surface area contributed by atoms with Crippen molar-refractivity contribution >= 4 is 11.6 Å². The Balaban J connectivity index is 3.18. The topological polar surface area (TPSA) is 55.0 Å². The highest BCUT2D eigenvalue weighted by atomic mass is 15.2. The molecule has 0 aliphatic carbocycles. The SMILES string of the molecule is CCC(CC)N(CC(C)C)c1cc(N)nc(C(C)C)n1. The Bertz CT molecular complexity index is 411. The lowest BCUT2D eigenvalue weighted by atomic mass is 10.1. The summed E-state index contributed by atoms with van der Waals surface area (Å²) in [6.45, 7) is 14.1. The van der Waals surface area contributed by atoms with Gasteiger partial charge in [0.05, 0.1) is 0 Å². The van der Waals surface area contributed by atoms with Gasteiger partial charge in [0, 0.05) is 24.6 Å². The molecule has 114 valence electrons. The Morgan fingerprint density at radius 1 is 1.10 bits per heavy atom. The molecule has 0 aromatic carbocycles. The molecule has 0 unspecified atom stereocenters. The number of aromatic nitrogens is 2. The lowest BCUT2D eigenvalue weighted by Crippen LogP contribution is -2.38. The Morgan fingerprint density at radius 3 is 2.15 bits per heavy atom. The molecule has 0 saturated heterocycles. The number of hydrogen-bond acceptors (Lipinski definition) is 4. The predicted molar refractivity (Wildman–Crippen MR) is 87.1 cm³/mol. The van der Waals surface area contributed by atoms with Crippen LogP contribution in [-0.4, -0.2) is 22.6 Å². The van der Waals surface area contributed by atoms with Gasteiger partial charge >= 0.3 is 0 Å². The highest BCUT2D eigenvalue weighted by Crippen LogP contribution is 2.23. The summed E-state index contributed by atoms with van der Waals surface area (Å²) in [5.41, 5.74) is 5.97. The summed E-state index contributed by atoms with van der Waals surface area (Å²) in [6.07, 6.45) is 2.23. The van der Waals surface area contributed by atoms with Gasteiger partial charge in [-0.1, -0.05) is 41.5 Å². The minimum absolute atomic E-state index is 0.292. The van der Waals surface area contributed by atoms with E-state index in [-0.39, 0.29) is 0 Å². The van der Waals surface area contributed by atoms with Gasteiger partial charge in [0.2, 0.25) is 0 Å². The number of nitrogens with two attached hydrogens (primary N) is 1. The van der Waals surface area contributed by atoms with Crippen LogP contribution >= 0.6 is 0 Å². The molecule has 0 bridgehead atoms. The summed E-state index contributed by atoms with van der Waals surface area (Å²) in [7, 11) is 0. The number of hydrogen-bond donors (Lipinski definition) is 1. The lowest BCUT2D eigenvalue weighted by Gasteiger charge is -2.33. The van der Waals surface area contributed by atoms with Crippen molar-refractivity contribution in [2.24, 2.45) is 5.92 Å². The standard InChI is InChI=1S/C16H30N4/c1-7-13(8-2)20(10-11(3)4)15-9-14(17)18-16(19-15)12(5)6/h9,11-13H,7-8,10H2,1-6H3,(H2,17,18,19). The first-order valence-electron chi connectivity index (χ1n) is 7.80. The minimum Gasteiger partial charge on any atom is -0.384 e. The van der Waals surface area contributed by atoms with Crippen molar-refractivity contribution in [3.63, 3.8) is 0 Å². The molecule has 20 heavy (non-hydrogen) atoms. The molecular weight excluding hydrogens is 248 g/mol. The van der Waals surface area contributed by atoms with Crippen molar-refractivity contribution in [2.45, 2.75) is 66.3 Å². The van der Waals surface area contributed by atoms with E-state index in [2.05, 4.69) is 51.4 Å². The third-order valence-electron chi connectivity index (χ3n) is 3.51. The summed E-state index contributed by atoms with van der Waals surface area (Å²) < 4.78 is 0. The Hall–Kier alpha value is -1.32. The molecule has 0 aliphatic heterocycles. The monoisotopic (exact) mass is 278 g/mol. The lowest BCUT2D eigenvalue weighted by molar-refractivity contribution is 0.502. The predicted octanol–water partition coefficient (Wildman–Crippen LogP) is 3.83. The highest BCUT2D eigenvalue weighted by Gasteiger charge is 2.20. The van der Waals surface area contributed by atoms with Crippen LogP contribution in [0.25, 0.3) is 0 Å². The van der Waals surface area contributed by atoms with E-state index >= 15 is 0 Å². The normalized spacial score (nSPS) is 11.7. The molecular formula is C16H30N4. The fourth-order valence-electron chi connectivity index (χ4n) is 2.43. The quantitative estimate of drug-likeness (QED) is 0.823. The van der Waals surface area contributed by atoms with Crippen molar-refractivity contribution in [3.05, 3.63) is 11.9 Å². The number of nitrogens with zero attached hydrogens (tertiary/aromatic N) is 3. The Kier molecular flexibility index (Phi) is 6.24. The van der Waals surface area contributed by atoms with Gasteiger partial charge in [-0.15, -0.1) is 0 Å². The zero-order chi connectivity index (χ0) is 15.3.